The van der Waals surface area contributed by atoms with Crippen LogP contribution >= 0.6 is 0 Å². The van der Waals surface area contributed by atoms with Crippen molar-refractivity contribution in [2.45, 2.75) is 0 Å². The second-order valence-corrected chi connectivity index (χ2v) is 2.72. The molecule has 0 saturated carbocycles. The molecule has 0 heterocycles. The van der Waals surface area contributed by atoms with Crippen LogP contribution in [0.25, 0.3) is 0 Å². The number of phenols is 1. The first-order valence-electron chi connectivity index (χ1n) is 4.28. The quantitative estimate of drug-likeness (QED) is 0.684. The normalized spacial score (nSPS) is 9.00. The fourth-order valence-electron chi connectivity index (χ4n) is 1.02. The largest absolute Gasteiger partial charge is 0.508 e. The molecule has 74 valence electrons. The molecule has 2 N–H and O–H groups in total. The third-order valence-corrected chi connectivity index (χ3v) is 1.67. The predicted octanol–water partition coefficient (Wildman–Crippen LogP) is 0.972. The van der Waals surface area contributed by atoms with Crippen molar-refractivity contribution < 1.29 is 9.84 Å². The average molecular weight is 191 g/mol. The Balaban J connectivity index is 2.94. The lowest BCUT2D eigenvalue weighted by atomic mass is 10.2. The van der Waals surface area contributed by atoms with Gasteiger partial charge in [-0.15, -0.1) is 0 Å². The minimum Gasteiger partial charge on any atom is -0.508 e. The van der Waals surface area contributed by atoms with Crippen LogP contribution in [0.2, 0.25) is 0 Å². The smallest absolute Gasteiger partial charge is 0.134 e. The Kier molecular flexibility index (Phi) is 3.84. The van der Waals surface area contributed by atoms with Crippen LogP contribution in [0.15, 0.2) is 18.2 Å². The Bertz CT molecular complexity index is 363. The summed E-state index contributed by atoms with van der Waals surface area (Å²) in [4.78, 5) is 0. The van der Waals surface area contributed by atoms with Crippen molar-refractivity contribution in [3.8, 4) is 23.3 Å². The number of phenolic OH excluding ortho intramolecular Hbond substituents is 1. The molecule has 0 atom stereocenters. The van der Waals surface area contributed by atoms with E-state index in [2.05, 4.69) is 17.2 Å². The second-order valence-electron chi connectivity index (χ2n) is 2.72. The summed E-state index contributed by atoms with van der Waals surface area (Å²) >= 11 is 0. The van der Waals surface area contributed by atoms with Crippen LogP contribution in [-0.4, -0.2) is 25.8 Å². The fourth-order valence-corrected chi connectivity index (χ4v) is 1.02. The Hall–Kier alpha value is -1.66. The average Bonchev–Trinajstić information content (AvgIpc) is 2.19. The molecule has 3 nitrogen and oxygen atoms in total. The Morgan fingerprint density at radius 1 is 1.50 bits per heavy atom. The molecule has 14 heavy (non-hydrogen) atoms. The number of nitrogens with one attached hydrogen (secondary N) is 1. The van der Waals surface area contributed by atoms with Gasteiger partial charge in [-0.05, 0) is 25.2 Å². The maximum Gasteiger partial charge on any atom is 0.134 e. The van der Waals surface area contributed by atoms with E-state index < -0.39 is 0 Å². The third kappa shape index (κ3) is 2.68. The van der Waals surface area contributed by atoms with Gasteiger partial charge in [-0.2, -0.15) is 0 Å². The highest BCUT2D eigenvalue weighted by atomic mass is 16.5. The summed E-state index contributed by atoms with van der Waals surface area (Å²) in [6.07, 6.45) is 0. The van der Waals surface area contributed by atoms with Gasteiger partial charge in [-0.25, -0.2) is 0 Å². The summed E-state index contributed by atoms with van der Waals surface area (Å²) in [5.74, 6) is 6.68. The number of ether oxygens (including phenoxy) is 1. The van der Waals surface area contributed by atoms with Crippen molar-refractivity contribution in [2.75, 3.05) is 20.7 Å². The highest BCUT2D eigenvalue weighted by Crippen LogP contribution is 2.21. The zero-order chi connectivity index (χ0) is 10.4. The van der Waals surface area contributed by atoms with Crippen molar-refractivity contribution >= 4 is 0 Å². The SMILES string of the molecule is CNCC#Cc1cc(O)ccc1OC. The molecule has 0 amide bonds. The molecule has 1 rings (SSSR count). The first-order chi connectivity index (χ1) is 6.77. The van der Waals surface area contributed by atoms with Gasteiger partial charge in [0.25, 0.3) is 0 Å². The zero-order valence-electron chi connectivity index (χ0n) is 8.29. The number of aromatic hydroxyl groups is 1. The van der Waals surface area contributed by atoms with E-state index in [1.807, 2.05) is 7.05 Å². The standard InChI is InChI=1S/C11H13NO2/c1-12-7-3-4-9-8-10(13)5-6-11(9)14-2/h5-6,8,12-13H,7H2,1-2H3. The van der Waals surface area contributed by atoms with Crippen LogP contribution in [0.5, 0.6) is 11.5 Å². The minimum absolute atomic E-state index is 0.194. The molecule has 0 spiro atoms. The van der Waals surface area contributed by atoms with Gasteiger partial charge in [-0.1, -0.05) is 11.8 Å². The highest BCUT2D eigenvalue weighted by Gasteiger charge is 1.99. The summed E-state index contributed by atoms with van der Waals surface area (Å²) < 4.78 is 5.10. The number of benzene rings is 1. The Labute approximate surface area is 83.7 Å². The van der Waals surface area contributed by atoms with Crippen molar-refractivity contribution in [2.24, 2.45) is 0 Å². The van der Waals surface area contributed by atoms with Crippen LogP contribution in [0.3, 0.4) is 0 Å². The molecule has 3 heteroatoms. The van der Waals surface area contributed by atoms with Gasteiger partial charge in [0, 0.05) is 0 Å². The molecule has 0 radical (unpaired) electrons. The van der Waals surface area contributed by atoms with E-state index in [-0.39, 0.29) is 5.75 Å². The van der Waals surface area contributed by atoms with E-state index >= 15 is 0 Å². The van der Waals surface area contributed by atoms with Gasteiger partial charge in [-0.3, -0.25) is 0 Å². The van der Waals surface area contributed by atoms with Crippen LogP contribution in [0, 0.1) is 11.8 Å². The number of hydrogen-bond donors (Lipinski definition) is 2. The maximum absolute atomic E-state index is 9.25. The van der Waals surface area contributed by atoms with Gasteiger partial charge < -0.3 is 15.2 Å². The highest BCUT2D eigenvalue weighted by molar-refractivity contribution is 5.49. The molecule has 1 aromatic rings. The molecule has 0 saturated heterocycles. The lowest BCUT2D eigenvalue weighted by Crippen LogP contribution is -2.04. The van der Waals surface area contributed by atoms with Crippen molar-refractivity contribution in [1.82, 2.24) is 5.32 Å². The summed E-state index contributed by atoms with van der Waals surface area (Å²) in [6, 6.07) is 4.85. The van der Waals surface area contributed by atoms with E-state index in [0.717, 1.165) is 0 Å². The summed E-state index contributed by atoms with van der Waals surface area (Å²) in [6.45, 7) is 0.610. The van der Waals surface area contributed by atoms with Gasteiger partial charge in [0.15, 0.2) is 0 Å². The van der Waals surface area contributed by atoms with Gasteiger partial charge in [0.1, 0.15) is 11.5 Å². The molecular weight excluding hydrogens is 178 g/mol. The minimum atomic E-state index is 0.194. The second kappa shape index (κ2) is 5.15. The van der Waals surface area contributed by atoms with Crippen molar-refractivity contribution in [3.05, 3.63) is 23.8 Å². The molecule has 0 fully saturated rings. The first kappa shape index (κ1) is 10.4. The van der Waals surface area contributed by atoms with E-state index in [4.69, 9.17) is 4.74 Å². The van der Waals surface area contributed by atoms with E-state index in [1.54, 1.807) is 25.3 Å². The lowest BCUT2D eigenvalue weighted by Gasteiger charge is -2.02. The van der Waals surface area contributed by atoms with Crippen molar-refractivity contribution in [3.63, 3.8) is 0 Å². The number of methoxy groups -OCH3 is 1. The predicted molar refractivity (Wildman–Crippen MR) is 55.5 cm³/mol. The fraction of sp³-hybridized carbons (Fsp3) is 0.273. The molecule has 0 aliphatic carbocycles. The van der Waals surface area contributed by atoms with Crippen LogP contribution in [0.4, 0.5) is 0 Å². The van der Waals surface area contributed by atoms with Gasteiger partial charge in [0.2, 0.25) is 0 Å². The summed E-state index contributed by atoms with van der Waals surface area (Å²) in [5, 5.41) is 12.2. The Morgan fingerprint density at radius 3 is 2.93 bits per heavy atom. The summed E-state index contributed by atoms with van der Waals surface area (Å²) in [5.41, 5.74) is 0.697. The van der Waals surface area contributed by atoms with Crippen LogP contribution in [0.1, 0.15) is 5.56 Å². The molecule has 0 bridgehead atoms. The van der Waals surface area contributed by atoms with Crippen LogP contribution in [-0.2, 0) is 0 Å². The zero-order valence-corrected chi connectivity index (χ0v) is 8.29. The first-order valence-corrected chi connectivity index (χ1v) is 4.28. The lowest BCUT2D eigenvalue weighted by molar-refractivity contribution is 0.411. The van der Waals surface area contributed by atoms with E-state index in [0.29, 0.717) is 17.9 Å². The summed E-state index contributed by atoms with van der Waals surface area (Å²) in [7, 11) is 3.41. The molecule has 0 unspecified atom stereocenters. The molecule has 0 aromatic heterocycles. The van der Waals surface area contributed by atoms with Crippen LogP contribution < -0.4 is 10.1 Å². The topological polar surface area (TPSA) is 41.5 Å². The van der Waals surface area contributed by atoms with E-state index in [9.17, 15) is 5.11 Å². The number of rotatable bonds is 2. The maximum atomic E-state index is 9.25. The Morgan fingerprint density at radius 2 is 2.29 bits per heavy atom. The number of hydrogen-bond acceptors (Lipinski definition) is 3. The van der Waals surface area contributed by atoms with Gasteiger partial charge >= 0.3 is 0 Å². The molecule has 1 aromatic carbocycles. The van der Waals surface area contributed by atoms with Gasteiger partial charge in [0.05, 0.1) is 19.2 Å². The molecule has 0 aliphatic rings. The monoisotopic (exact) mass is 191 g/mol. The van der Waals surface area contributed by atoms with Crippen molar-refractivity contribution in [1.29, 1.82) is 0 Å². The molecular formula is C11H13NO2. The molecule has 0 aliphatic heterocycles. The van der Waals surface area contributed by atoms with E-state index in [1.165, 1.54) is 0 Å². The third-order valence-electron chi connectivity index (χ3n) is 1.67.